The SMILES string of the molecule is CCc1c(CCl)nnn1Cc1ccccc1O. The van der Waals surface area contributed by atoms with Crippen LogP contribution in [-0.2, 0) is 18.8 Å². The van der Waals surface area contributed by atoms with Crippen molar-refractivity contribution in [2.75, 3.05) is 0 Å². The summed E-state index contributed by atoms with van der Waals surface area (Å²) in [6.45, 7) is 2.55. The molecule has 2 aromatic rings. The van der Waals surface area contributed by atoms with Gasteiger partial charge in [0.25, 0.3) is 0 Å². The molecule has 4 nitrogen and oxygen atoms in total. The van der Waals surface area contributed by atoms with Gasteiger partial charge in [-0.1, -0.05) is 30.3 Å². The van der Waals surface area contributed by atoms with E-state index in [1.165, 1.54) is 0 Å². The van der Waals surface area contributed by atoms with E-state index in [0.717, 1.165) is 23.4 Å². The normalized spacial score (nSPS) is 10.7. The molecule has 5 heteroatoms. The molecule has 0 radical (unpaired) electrons. The van der Waals surface area contributed by atoms with E-state index in [1.807, 2.05) is 19.1 Å². The van der Waals surface area contributed by atoms with Crippen molar-refractivity contribution in [2.45, 2.75) is 25.8 Å². The van der Waals surface area contributed by atoms with Crippen molar-refractivity contribution in [3.63, 3.8) is 0 Å². The summed E-state index contributed by atoms with van der Waals surface area (Å²) in [6.07, 6.45) is 0.822. The Hall–Kier alpha value is -1.55. The fourth-order valence-corrected chi connectivity index (χ4v) is 2.00. The van der Waals surface area contributed by atoms with Crippen LogP contribution in [0, 0.1) is 0 Å². The van der Waals surface area contributed by atoms with Gasteiger partial charge in [0.1, 0.15) is 11.4 Å². The van der Waals surface area contributed by atoms with Crippen LogP contribution in [0.15, 0.2) is 24.3 Å². The minimum atomic E-state index is 0.275. The van der Waals surface area contributed by atoms with Crippen LogP contribution in [0.4, 0.5) is 0 Å². The van der Waals surface area contributed by atoms with Crippen molar-refractivity contribution in [3.8, 4) is 5.75 Å². The summed E-state index contributed by atoms with van der Waals surface area (Å²) in [5, 5.41) is 17.8. The lowest BCUT2D eigenvalue weighted by atomic mass is 10.2. The number of nitrogens with zero attached hydrogens (tertiary/aromatic N) is 3. The monoisotopic (exact) mass is 251 g/mol. The first kappa shape index (κ1) is 11.9. The molecule has 1 aromatic heterocycles. The van der Waals surface area contributed by atoms with E-state index in [-0.39, 0.29) is 5.75 Å². The maximum atomic E-state index is 9.71. The molecule has 0 aliphatic carbocycles. The first-order chi connectivity index (χ1) is 8.26. The Labute approximate surface area is 105 Å². The van der Waals surface area contributed by atoms with Crippen molar-refractivity contribution in [2.24, 2.45) is 0 Å². The molecule has 0 fully saturated rings. The van der Waals surface area contributed by atoms with Gasteiger partial charge in [-0.15, -0.1) is 16.7 Å². The van der Waals surface area contributed by atoms with Gasteiger partial charge >= 0.3 is 0 Å². The Balaban J connectivity index is 2.30. The van der Waals surface area contributed by atoms with Crippen LogP contribution in [0.3, 0.4) is 0 Å². The molecule has 0 spiro atoms. The van der Waals surface area contributed by atoms with Crippen LogP contribution in [0.25, 0.3) is 0 Å². The van der Waals surface area contributed by atoms with Gasteiger partial charge in [0, 0.05) is 5.56 Å². The number of rotatable bonds is 4. The van der Waals surface area contributed by atoms with Crippen molar-refractivity contribution in [1.29, 1.82) is 0 Å². The van der Waals surface area contributed by atoms with Gasteiger partial charge in [0.2, 0.25) is 0 Å². The maximum Gasteiger partial charge on any atom is 0.120 e. The third-order valence-corrected chi connectivity index (χ3v) is 2.94. The summed E-state index contributed by atoms with van der Waals surface area (Å²) >= 11 is 5.79. The molecule has 0 atom stereocenters. The number of halogens is 1. The van der Waals surface area contributed by atoms with E-state index in [0.29, 0.717) is 12.4 Å². The predicted molar refractivity (Wildman–Crippen MR) is 66.2 cm³/mol. The number of aromatic nitrogens is 3. The maximum absolute atomic E-state index is 9.71. The number of benzene rings is 1. The molecule has 0 bridgehead atoms. The molecular formula is C12H14ClN3O. The second-order valence-electron chi connectivity index (χ2n) is 3.76. The van der Waals surface area contributed by atoms with Crippen molar-refractivity contribution in [3.05, 3.63) is 41.2 Å². The zero-order valence-corrected chi connectivity index (χ0v) is 10.4. The van der Waals surface area contributed by atoms with Gasteiger partial charge < -0.3 is 5.11 Å². The highest BCUT2D eigenvalue weighted by atomic mass is 35.5. The van der Waals surface area contributed by atoms with E-state index in [2.05, 4.69) is 10.3 Å². The van der Waals surface area contributed by atoms with Crippen LogP contribution in [-0.4, -0.2) is 20.1 Å². The average molecular weight is 252 g/mol. The predicted octanol–water partition coefficient (Wildman–Crippen LogP) is 2.33. The third kappa shape index (κ3) is 2.42. The van der Waals surface area contributed by atoms with E-state index in [9.17, 15) is 5.11 Å². The zero-order valence-electron chi connectivity index (χ0n) is 9.60. The number of phenolic OH excluding ortho intramolecular Hbond substituents is 1. The molecule has 0 unspecified atom stereocenters. The molecule has 0 amide bonds. The van der Waals surface area contributed by atoms with E-state index in [4.69, 9.17) is 11.6 Å². The van der Waals surface area contributed by atoms with E-state index >= 15 is 0 Å². The Morgan fingerprint density at radius 3 is 2.76 bits per heavy atom. The van der Waals surface area contributed by atoms with Gasteiger partial charge in [0.05, 0.1) is 18.1 Å². The third-order valence-electron chi connectivity index (χ3n) is 2.69. The second kappa shape index (κ2) is 5.19. The molecular weight excluding hydrogens is 238 g/mol. The number of phenols is 1. The Kier molecular flexibility index (Phi) is 3.64. The minimum absolute atomic E-state index is 0.275. The molecule has 90 valence electrons. The lowest BCUT2D eigenvalue weighted by Crippen LogP contribution is -2.06. The van der Waals surface area contributed by atoms with Crippen molar-refractivity contribution < 1.29 is 5.11 Å². The number of hydrogen-bond donors (Lipinski definition) is 1. The Bertz CT molecular complexity index is 510. The molecule has 0 saturated heterocycles. The second-order valence-corrected chi connectivity index (χ2v) is 4.02. The van der Waals surface area contributed by atoms with Crippen molar-refractivity contribution >= 4 is 11.6 Å². The summed E-state index contributed by atoms with van der Waals surface area (Å²) in [4.78, 5) is 0. The standard InChI is InChI=1S/C12H14ClN3O/c1-2-11-10(7-13)14-15-16(11)8-9-5-3-4-6-12(9)17/h3-6,17H,2,7-8H2,1H3. The number of aromatic hydroxyl groups is 1. The van der Waals surface area contributed by atoms with Gasteiger partial charge in [-0.3, -0.25) is 0 Å². The van der Waals surface area contributed by atoms with Crippen LogP contribution in [0.5, 0.6) is 5.75 Å². The Morgan fingerprint density at radius 2 is 2.12 bits per heavy atom. The van der Waals surface area contributed by atoms with Gasteiger partial charge in [-0.05, 0) is 12.5 Å². The number of alkyl halides is 1. The summed E-state index contributed by atoms with van der Waals surface area (Å²) in [5.74, 6) is 0.640. The van der Waals surface area contributed by atoms with Gasteiger partial charge in [0.15, 0.2) is 0 Å². The van der Waals surface area contributed by atoms with E-state index < -0.39 is 0 Å². The first-order valence-electron chi connectivity index (χ1n) is 5.50. The molecule has 0 aliphatic rings. The molecule has 17 heavy (non-hydrogen) atoms. The topological polar surface area (TPSA) is 50.9 Å². The number of hydrogen-bond acceptors (Lipinski definition) is 3. The molecule has 1 aromatic carbocycles. The minimum Gasteiger partial charge on any atom is -0.508 e. The van der Waals surface area contributed by atoms with Gasteiger partial charge in [-0.25, -0.2) is 4.68 Å². The lowest BCUT2D eigenvalue weighted by Gasteiger charge is -2.07. The van der Waals surface area contributed by atoms with Crippen LogP contribution in [0.2, 0.25) is 0 Å². The quantitative estimate of drug-likeness (QED) is 0.849. The molecule has 1 N–H and O–H groups in total. The van der Waals surface area contributed by atoms with Crippen LogP contribution >= 0.6 is 11.6 Å². The zero-order chi connectivity index (χ0) is 12.3. The fraction of sp³-hybridized carbons (Fsp3) is 0.333. The summed E-state index contributed by atoms with van der Waals surface area (Å²) in [7, 11) is 0. The first-order valence-corrected chi connectivity index (χ1v) is 6.03. The Morgan fingerprint density at radius 1 is 1.35 bits per heavy atom. The van der Waals surface area contributed by atoms with E-state index in [1.54, 1.807) is 16.8 Å². The molecule has 1 heterocycles. The lowest BCUT2D eigenvalue weighted by molar-refractivity contribution is 0.462. The summed E-state index contributed by atoms with van der Waals surface area (Å²) in [6, 6.07) is 7.22. The van der Waals surface area contributed by atoms with Crippen molar-refractivity contribution in [1.82, 2.24) is 15.0 Å². The highest BCUT2D eigenvalue weighted by molar-refractivity contribution is 6.16. The summed E-state index contributed by atoms with van der Waals surface area (Å²) < 4.78 is 1.78. The molecule has 0 saturated carbocycles. The van der Waals surface area contributed by atoms with Crippen LogP contribution in [0.1, 0.15) is 23.9 Å². The molecule has 2 rings (SSSR count). The largest absolute Gasteiger partial charge is 0.508 e. The smallest absolute Gasteiger partial charge is 0.120 e. The van der Waals surface area contributed by atoms with Crippen LogP contribution < -0.4 is 0 Å². The fourth-order valence-electron chi connectivity index (χ4n) is 1.79. The highest BCUT2D eigenvalue weighted by Gasteiger charge is 2.11. The highest BCUT2D eigenvalue weighted by Crippen LogP contribution is 2.18. The van der Waals surface area contributed by atoms with Gasteiger partial charge in [-0.2, -0.15) is 0 Å². The molecule has 0 aliphatic heterocycles. The number of para-hydroxylation sites is 1. The summed E-state index contributed by atoms with van der Waals surface area (Å²) in [5.41, 5.74) is 2.65. The average Bonchev–Trinajstić information content (AvgIpc) is 2.74.